The number of aryl methyl sites for hydroxylation is 1. The number of hydrazine groups is 1. The zero-order chi connectivity index (χ0) is 14.9. The SMILES string of the molecule is Cc1ccc(C(NN)c2ccc(F)cc2Br)c(F)c1F. The predicted octanol–water partition coefficient (Wildman–Crippen LogP) is 3.73. The van der Waals surface area contributed by atoms with Crippen molar-refractivity contribution in [3.8, 4) is 0 Å². The van der Waals surface area contributed by atoms with E-state index in [1.165, 1.54) is 37.3 Å². The second-order valence-corrected chi connectivity index (χ2v) is 5.22. The van der Waals surface area contributed by atoms with Crippen LogP contribution in [0.4, 0.5) is 13.2 Å². The molecule has 2 aromatic rings. The molecule has 2 nitrogen and oxygen atoms in total. The van der Waals surface area contributed by atoms with Gasteiger partial charge >= 0.3 is 0 Å². The molecule has 20 heavy (non-hydrogen) atoms. The molecular weight excluding hydrogens is 333 g/mol. The lowest BCUT2D eigenvalue weighted by atomic mass is 9.97. The van der Waals surface area contributed by atoms with Gasteiger partial charge in [0.25, 0.3) is 0 Å². The van der Waals surface area contributed by atoms with Gasteiger partial charge in [0, 0.05) is 10.0 Å². The van der Waals surface area contributed by atoms with E-state index in [1.54, 1.807) is 0 Å². The third-order valence-corrected chi connectivity index (χ3v) is 3.74. The number of halogens is 4. The minimum atomic E-state index is -0.968. The van der Waals surface area contributed by atoms with Crippen molar-refractivity contribution >= 4 is 15.9 Å². The maximum Gasteiger partial charge on any atom is 0.164 e. The highest BCUT2D eigenvalue weighted by Crippen LogP contribution is 2.31. The van der Waals surface area contributed by atoms with Crippen LogP contribution in [0.3, 0.4) is 0 Å². The fraction of sp³-hybridized carbons (Fsp3) is 0.143. The largest absolute Gasteiger partial charge is 0.271 e. The average molecular weight is 345 g/mol. The molecule has 2 aromatic carbocycles. The first kappa shape index (κ1) is 15.0. The van der Waals surface area contributed by atoms with Crippen LogP contribution >= 0.6 is 15.9 Å². The molecule has 2 rings (SSSR count). The predicted molar refractivity (Wildman–Crippen MR) is 74.4 cm³/mol. The van der Waals surface area contributed by atoms with E-state index in [0.717, 1.165) is 0 Å². The summed E-state index contributed by atoms with van der Waals surface area (Å²) < 4.78 is 41.2. The van der Waals surface area contributed by atoms with Crippen molar-refractivity contribution in [3.05, 3.63) is 68.9 Å². The molecule has 1 unspecified atom stereocenters. The van der Waals surface area contributed by atoms with Crippen LogP contribution in [-0.4, -0.2) is 0 Å². The lowest BCUT2D eigenvalue weighted by Gasteiger charge is -2.19. The van der Waals surface area contributed by atoms with Gasteiger partial charge in [0.1, 0.15) is 5.82 Å². The van der Waals surface area contributed by atoms with Crippen LogP contribution in [-0.2, 0) is 0 Å². The van der Waals surface area contributed by atoms with Crippen molar-refractivity contribution < 1.29 is 13.2 Å². The summed E-state index contributed by atoms with van der Waals surface area (Å²) in [5, 5.41) is 0. The summed E-state index contributed by atoms with van der Waals surface area (Å²) in [6, 6.07) is 6.06. The molecule has 0 saturated heterocycles. The lowest BCUT2D eigenvalue weighted by molar-refractivity contribution is 0.478. The van der Waals surface area contributed by atoms with Gasteiger partial charge in [-0.05, 0) is 30.2 Å². The molecule has 0 fully saturated rings. The van der Waals surface area contributed by atoms with Gasteiger partial charge in [0.05, 0.1) is 6.04 Å². The van der Waals surface area contributed by atoms with E-state index in [0.29, 0.717) is 10.0 Å². The van der Waals surface area contributed by atoms with Crippen LogP contribution in [0.2, 0.25) is 0 Å². The summed E-state index contributed by atoms with van der Waals surface area (Å²) in [5.41, 5.74) is 3.20. The Morgan fingerprint density at radius 3 is 2.30 bits per heavy atom. The first-order valence-electron chi connectivity index (χ1n) is 5.81. The molecule has 0 spiro atoms. The Morgan fingerprint density at radius 1 is 1.05 bits per heavy atom. The van der Waals surface area contributed by atoms with Gasteiger partial charge in [-0.2, -0.15) is 0 Å². The number of benzene rings is 2. The quantitative estimate of drug-likeness (QED) is 0.657. The Balaban J connectivity index is 2.55. The molecule has 0 aromatic heterocycles. The summed E-state index contributed by atoms with van der Waals surface area (Å²) in [5.74, 6) is 3.12. The Hall–Kier alpha value is -1.37. The second kappa shape index (κ2) is 5.95. The molecule has 0 radical (unpaired) electrons. The molecule has 0 bridgehead atoms. The van der Waals surface area contributed by atoms with Gasteiger partial charge < -0.3 is 0 Å². The zero-order valence-corrected chi connectivity index (χ0v) is 12.1. The first-order chi connectivity index (χ1) is 9.45. The van der Waals surface area contributed by atoms with E-state index < -0.39 is 23.5 Å². The molecular formula is C14H12BrF3N2. The lowest BCUT2D eigenvalue weighted by Crippen LogP contribution is -2.30. The van der Waals surface area contributed by atoms with Crippen LogP contribution < -0.4 is 11.3 Å². The van der Waals surface area contributed by atoms with Crippen molar-refractivity contribution in [2.75, 3.05) is 0 Å². The molecule has 6 heteroatoms. The number of hydrogen-bond donors (Lipinski definition) is 2. The summed E-state index contributed by atoms with van der Waals surface area (Å²) in [6.07, 6.45) is 0. The van der Waals surface area contributed by atoms with Crippen LogP contribution in [0, 0.1) is 24.4 Å². The fourth-order valence-corrected chi connectivity index (χ4v) is 2.55. The molecule has 0 aliphatic rings. The highest BCUT2D eigenvalue weighted by molar-refractivity contribution is 9.10. The molecule has 106 valence electrons. The number of rotatable bonds is 3. The van der Waals surface area contributed by atoms with Crippen LogP contribution in [0.15, 0.2) is 34.8 Å². The van der Waals surface area contributed by atoms with Gasteiger partial charge in [-0.3, -0.25) is 5.84 Å². The second-order valence-electron chi connectivity index (χ2n) is 4.37. The Morgan fingerprint density at radius 2 is 1.70 bits per heavy atom. The smallest absolute Gasteiger partial charge is 0.164 e. The van der Waals surface area contributed by atoms with Crippen LogP contribution in [0.1, 0.15) is 22.7 Å². The topological polar surface area (TPSA) is 38.0 Å². The third kappa shape index (κ3) is 2.72. The molecule has 3 N–H and O–H groups in total. The normalized spacial score (nSPS) is 12.5. The molecule has 0 amide bonds. The van der Waals surface area contributed by atoms with E-state index in [9.17, 15) is 13.2 Å². The highest BCUT2D eigenvalue weighted by Gasteiger charge is 2.22. The summed E-state index contributed by atoms with van der Waals surface area (Å²) in [4.78, 5) is 0. The number of nitrogens with two attached hydrogens (primary N) is 1. The molecule has 0 aliphatic carbocycles. The van der Waals surface area contributed by atoms with Gasteiger partial charge in [-0.25, -0.2) is 18.6 Å². The van der Waals surface area contributed by atoms with E-state index in [2.05, 4.69) is 21.4 Å². The fourth-order valence-electron chi connectivity index (χ4n) is 1.97. The maximum atomic E-state index is 14.0. The van der Waals surface area contributed by atoms with Crippen molar-refractivity contribution in [3.63, 3.8) is 0 Å². The Kier molecular flexibility index (Phi) is 4.47. The van der Waals surface area contributed by atoms with Gasteiger partial charge in [0.15, 0.2) is 11.6 Å². The maximum absolute atomic E-state index is 14.0. The standard InChI is InChI=1S/C14H12BrF3N2/c1-7-2-4-10(13(18)12(7)17)14(20-19)9-5-3-8(16)6-11(9)15/h2-6,14,20H,19H2,1H3. The van der Waals surface area contributed by atoms with Crippen LogP contribution in [0.5, 0.6) is 0 Å². The van der Waals surface area contributed by atoms with E-state index in [-0.39, 0.29) is 11.1 Å². The number of nitrogens with one attached hydrogen (secondary N) is 1. The average Bonchev–Trinajstić information content (AvgIpc) is 2.41. The van der Waals surface area contributed by atoms with Gasteiger partial charge in [-0.15, -0.1) is 0 Å². The van der Waals surface area contributed by atoms with Crippen LogP contribution in [0.25, 0.3) is 0 Å². The minimum absolute atomic E-state index is 0.0582. The third-order valence-electron chi connectivity index (χ3n) is 3.06. The molecule has 0 aliphatic heterocycles. The zero-order valence-electron chi connectivity index (χ0n) is 10.6. The van der Waals surface area contributed by atoms with Gasteiger partial charge in [-0.1, -0.05) is 34.1 Å². The summed E-state index contributed by atoms with van der Waals surface area (Å²) >= 11 is 3.19. The van der Waals surface area contributed by atoms with Crippen molar-refractivity contribution in [1.82, 2.24) is 5.43 Å². The monoisotopic (exact) mass is 344 g/mol. The molecule has 1 atom stereocenters. The van der Waals surface area contributed by atoms with E-state index in [1.807, 2.05) is 0 Å². The van der Waals surface area contributed by atoms with E-state index in [4.69, 9.17) is 5.84 Å². The Labute approximate surface area is 122 Å². The Bertz CT molecular complexity index is 647. The van der Waals surface area contributed by atoms with Crippen molar-refractivity contribution in [2.24, 2.45) is 5.84 Å². The van der Waals surface area contributed by atoms with E-state index >= 15 is 0 Å². The van der Waals surface area contributed by atoms with Crippen molar-refractivity contribution in [2.45, 2.75) is 13.0 Å². The molecule has 0 saturated carbocycles. The first-order valence-corrected chi connectivity index (χ1v) is 6.60. The minimum Gasteiger partial charge on any atom is -0.271 e. The van der Waals surface area contributed by atoms with Gasteiger partial charge in [0.2, 0.25) is 0 Å². The highest BCUT2D eigenvalue weighted by atomic mass is 79.9. The summed E-state index contributed by atoms with van der Waals surface area (Å²) in [7, 11) is 0. The van der Waals surface area contributed by atoms with Crippen molar-refractivity contribution in [1.29, 1.82) is 0 Å². The number of hydrogen-bond acceptors (Lipinski definition) is 2. The molecule has 0 heterocycles. The summed E-state index contributed by atoms with van der Waals surface area (Å²) in [6.45, 7) is 1.47.